The summed E-state index contributed by atoms with van der Waals surface area (Å²) >= 11 is 3.30. The molecule has 1 aromatic carbocycles. The number of H-pyrrole nitrogens is 1. The SMILES string of the molecule is NCCC(F)(F)c1cc2cc(Br)ccc2[nH]1. The van der Waals surface area contributed by atoms with E-state index >= 15 is 0 Å². The summed E-state index contributed by atoms with van der Waals surface area (Å²) in [6.07, 6.45) is -0.346. The third kappa shape index (κ3) is 2.10. The van der Waals surface area contributed by atoms with Gasteiger partial charge in [-0.15, -0.1) is 0 Å². The second-order valence-corrected chi connectivity index (χ2v) is 4.57. The van der Waals surface area contributed by atoms with Crippen LogP contribution in [0.4, 0.5) is 8.78 Å². The fourth-order valence-corrected chi connectivity index (χ4v) is 2.00. The summed E-state index contributed by atoms with van der Waals surface area (Å²) < 4.78 is 28.0. The molecule has 5 heteroatoms. The van der Waals surface area contributed by atoms with Crippen molar-refractivity contribution in [3.05, 3.63) is 34.4 Å². The average molecular weight is 289 g/mol. The summed E-state index contributed by atoms with van der Waals surface area (Å²) in [5.41, 5.74) is 5.79. The molecule has 0 amide bonds. The maximum absolute atomic E-state index is 13.6. The van der Waals surface area contributed by atoms with Crippen LogP contribution in [0.25, 0.3) is 10.9 Å². The Hall–Kier alpha value is -0.940. The van der Waals surface area contributed by atoms with E-state index in [4.69, 9.17) is 5.73 Å². The molecule has 3 N–H and O–H groups in total. The number of hydrogen-bond acceptors (Lipinski definition) is 1. The zero-order chi connectivity index (χ0) is 11.8. The van der Waals surface area contributed by atoms with Gasteiger partial charge in [-0.2, -0.15) is 8.78 Å². The molecule has 0 atom stereocenters. The first kappa shape index (κ1) is 11.5. The normalized spacial score (nSPS) is 12.2. The molecular formula is C11H11BrF2N2. The molecule has 0 aliphatic rings. The lowest BCUT2D eigenvalue weighted by Crippen LogP contribution is -2.18. The number of rotatable bonds is 3. The predicted octanol–water partition coefficient (Wildman–Crippen LogP) is 3.37. The highest BCUT2D eigenvalue weighted by molar-refractivity contribution is 9.10. The predicted molar refractivity (Wildman–Crippen MR) is 63.6 cm³/mol. The summed E-state index contributed by atoms with van der Waals surface area (Å²) in [6.45, 7) is -0.0357. The van der Waals surface area contributed by atoms with Gasteiger partial charge in [0.15, 0.2) is 0 Å². The number of nitrogens with two attached hydrogens (primary N) is 1. The van der Waals surface area contributed by atoms with Crippen LogP contribution < -0.4 is 5.73 Å². The van der Waals surface area contributed by atoms with Gasteiger partial charge < -0.3 is 10.7 Å². The van der Waals surface area contributed by atoms with Gasteiger partial charge in [-0.05, 0) is 30.8 Å². The van der Waals surface area contributed by atoms with Gasteiger partial charge in [0.25, 0.3) is 5.92 Å². The molecule has 0 saturated carbocycles. The highest BCUT2D eigenvalue weighted by Crippen LogP contribution is 2.33. The molecule has 16 heavy (non-hydrogen) atoms. The second-order valence-electron chi connectivity index (χ2n) is 3.66. The molecule has 2 aromatic rings. The molecule has 86 valence electrons. The van der Waals surface area contributed by atoms with E-state index in [-0.39, 0.29) is 18.7 Å². The van der Waals surface area contributed by atoms with E-state index in [1.165, 1.54) is 6.07 Å². The Morgan fingerprint density at radius 2 is 2.06 bits per heavy atom. The van der Waals surface area contributed by atoms with Crippen molar-refractivity contribution in [2.75, 3.05) is 6.54 Å². The van der Waals surface area contributed by atoms with Crippen molar-refractivity contribution >= 4 is 26.8 Å². The molecule has 0 bridgehead atoms. The lowest BCUT2D eigenvalue weighted by atomic mass is 10.1. The lowest BCUT2D eigenvalue weighted by molar-refractivity contribution is -0.0144. The van der Waals surface area contributed by atoms with Gasteiger partial charge in [-0.3, -0.25) is 0 Å². The number of nitrogens with one attached hydrogen (secondary N) is 1. The van der Waals surface area contributed by atoms with Crippen LogP contribution in [0, 0.1) is 0 Å². The molecule has 2 nitrogen and oxygen atoms in total. The smallest absolute Gasteiger partial charge is 0.288 e. The Bertz CT molecular complexity index is 508. The van der Waals surface area contributed by atoms with Crippen molar-refractivity contribution < 1.29 is 8.78 Å². The van der Waals surface area contributed by atoms with E-state index in [1.54, 1.807) is 12.1 Å². The molecular weight excluding hydrogens is 278 g/mol. The van der Waals surface area contributed by atoms with E-state index in [9.17, 15) is 8.78 Å². The lowest BCUT2D eigenvalue weighted by Gasteiger charge is -2.12. The fourth-order valence-electron chi connectivity index (χ4n) is 1.62. The monoisotopic (exact) mass is 288 g/mol. The maximum Gasteiger partial charge on any atom is 0.288 e. The molecule has 2 rings (SSSR count). The quantitative estimate of drug-likeness (QED) is 0.893. The van der Waals surface area contributed by atoms with Gasteiger partial charge in [-0.25, -0.2) is 0 Å². The number of benzene rings is 1. The zero-order valence-corrected chi connectivity index (χ0v) is 10.0. The largest absolute Gasteiger partial charge is 0.353 e. The minimum Gasteiger partial charge on any atom is -0.353 e. The Morgan fingerprint density at radius 3 is 2.75 bits per heavy atom. The average Bonchev–Trinajstić information content (AvgIpc) is 2.61. The van der Waals surface area contributed by atoms with Crippen LogP contribution in [0.2, 0.25) is 0 Å². The van der Waals surface area contributed by atoms with Crippen LogP contribution in [-0.4, -0.2) is 11.5 Å². The van der Waals surface area contributed by atoms with Crippen molar-refractivity contribution in [3.8, 4) is 0 Å². The van der Waals surface area contributed by atoms with Crippen molar-refractivity contribution in [2.45, 2.75) is 12.3 Å². The van der Waals surface area contributed by atoms with Crippen molar-refractivity contribution in [1.82, 2.24) is 4.98 Å². The van der Waals surface area contributed by atoms with Gasteiger partial charge in [0, 0.05) is 21.8 Å². The zero-order valence-electron chi connectivity index (χ0n) is 8.43. The van der Waals surface area contributed by atoms with Crippen LogP contribution in [0.1, 0.15) is 12.1 Å². The summed E-state index contributed by atoms with van der Waals surface area (Å²) in [5, 5.41) is 0.765. The molecule has 1 heterocycles. The summed E-state index contributed by atoms with van der Waals surface area (Å²) in [5.74, 6) is -2.89. The van der Waals surface area contributed by atoms with E-state index < -0.39 is 5.92 Å². The highest BCUT2D eigenvalue weighted by atomic mass is 79.9. The number of halogens is 3. The van der Waals surface area contributed by atoms with E-state index in [2.05, 4.69) is 20.9 Å². The summed E-state index contributed by atoms with van der Waals surface area (Å²) in [7, 11) is 0. The van der Waals surface area contributed by atoms with Crippen LogP contribution in [0.15, 0.2) is 28.7 Å². The van der Waals surface area contributed by atoms with Crippen LogP contribution in [0.5, 0.6) is 0 Å². The van der Waals surface area contributed by atoms with Crippen LogP contribution in [0.3, 0.4) is 0 Å². The maximum atomic E-state index is 13.6. The molecule has 0 fully saturated rings. The van der Waals surface area contributed by atoms with Crippen molar-refractivity contribution in [3.63, 3.8) is 0 Å². The number of fused-ring (bicyclic) bond motifs is 1. The van der Waals surface area contributed by atoms with Crippen molar-refractivity contribution in [2.24, 2.45) is 5.73 Å². The van der Waals surface area contributed by atoms with Gasteiger partial charge >= 0.3 is 0 Å². The van der Waals surface area contributed by atoms with E-state index in [0.717, 1.165) is 9.86 Å². The Balaban J connectivity index is 2.46. The van der Waals surface area contributed by atoms with Crippen molar-refractivity contribution in [1.29, 1.82) is 0 Å². The molecule has 0 spiro atoms. The number of aromatic nitrogens is 1. The molecule has 0 aliphatic heterocycles. The van der Waals surface area contributed by atoms with Gasteiger partial charge in [0.05, 0.1) is 5.69 Å². The molecule has 0 radical (unpaired) electrons. The van der Waals surface area contributed by atoms with Gasteiger partial charge in [0.1, 0.15) is 0 Å². The molecule has 0 unspecified atom stereocenters. The number of aromatic amines is 1. The van der Waals surface area contributed by atoms with Gasteiger partial charge in [0.2, 0.25) is 0 Å². The minimum atomic E-state index is -2.89. The second kappa shape index (κ2) is 4.14. The molecule has 0 saturated heterocycles. The standard InChI is InChI=1S/C11H11BrF2N2/c12-8-1-2-9-7(5-8)6-10(16-9)11(13,14)3-4-15/h1-2,5-6,16H,3-4,15H2. The molecule has 1 aromatic heterocycles. The fraction of sp³-hybridized carbons (Fsp3) is 0.273. The Labute approximate surface area is 100.0 Å². The number of hydrogen-bond donors (Lipinski definition) is 2. The van der Waals surface area contributed by atoms with Gasteiger partial charge in [-0.1, -0.05) is 15.9 Å². The minimum absolute atomic E-state index is 0.0357. The van der Waals surface area contributed by atoms with Crippen LogP contribution in [-0.2, 0) is 5.92 Å². The first-order valence-corrected chi connectivity index (χ1v) is 5.69. The highest BCUT2D eigenvalue weighted by Gasteiger charge is 2.32. The third-order valence-electron chi connectivity index (χ3n) is 2.44. The Kier molecular flexibility index (Phi) is 2.99. The van der Waals surface area contributed by atoms with E-state index in [0.29, 0.717) is 5.52 Å². The van der Waals surface area contributed by atoms with E-state index in [1.807, 2.05) is 6.07 Å². The Morgan fingerprint density at radius 1 is 1.31 bits per heavy atom. The molecule has 0 aliphatic carbocycles. The third-order valence-corrected chi connectivity index (χ3v) is 2.93. The topological polar surface area (TPSA) is 41.8 Å². The van der Waals surface area contributed by atoms with Crippen LogP contribution >= 0.6 is 15.9 Å². The summed E-state index contributed by atoms with van der Waals surface area (Å²) in [6, 6.07) is 6.84. The first-order chi connectivity index (χ1) is 7.53. The summed E-state index contributed by atoms with van der Waals surface area (Å²) in [4.78, 5) is 2.72. The number of alkyl halides is 2. The first-order valence-electron chi connectivity index (χ1n) is 4.89.